The van der Waals surface area contributed by atoms with Gasteiger partial charge in [-0.25, -0.2) is 0 Å². The van der Waals surface area contributed by atoms with Crippen molar-refractivity contribution in [2.45, 2.75) is 51.5 Å². The van der Waals surface area contributed by atoms with Crippen molar-refractivity contribution in [2.75, 3.05) is 11.1 Å². The highest BCUT2D eigenvalue weighted by Gasteiger charge is 2.29. The van der Waals surface area contributed by atoms with Gasteiger partial charge in [-0.3, -0.25) is 4.99 Å². The van der Waals surface area contributed by atoms with E-state index in [0.717, 1.165) is 11.1 Å². The van der Waals surface area contributed by atoms with Crippen molar-refractivity contribution in [2.24, 2.45) is 10.9 Å². The van der Waals surface area contributed by atoms with Crippen LogP contribution in [-0.4, -0.2) is 17.0 Å². The van der Waals surface area contributed by atoms with Crippen LogP contribution in [0.25, 0.3) is 0 Å². The lowest BCUT2D eigenvalue weighted by Crippen LogP contribution is -2.31. The fourth-order valence-electron chi connectivity index (χ4n) is 3.22. The summed E-state index contributed by atoms with van der Waals surface area (Å²) in [5.41, 5.74) is 2.60. The molecule has 1 aliphatic heterocycles. The van der Waals surface area contributed by atoms with Gasteiger partial charge in [0.1, 0.15) is 0 Å². The molecule has 1 N–H and O–H groups in total. The first-order valence-corrected chi connectivity index (χ1v) is 8.79. The average Bonchev–Trinajstić information content (AvgIpc) is 2.47. The molecule has 0 radical (unpaired) electrons. The summed E-state index contributed by atoms with van der Waals surface area (Å²) in [7, 11) is 0. The summed E-state index contributed by atoms with van der Waals surface area (Å²) >= 11 is 1.90. The van der Waals surface area contributed by atoms with Crippen LogP contribution in [0.1, 0.15) is 51.0 Å². The molecule has 2 unspecified atom stereocenters. The summed E-state index contributed by atoms with van der Waals surface area (Å²) in [6.07, 6.45) is 5.40. The predicted molar refractivity (Wildman–Crippen MR) is 89.8 cm³/mol. The van der Waals surface area contributed by atoms with Crippen molar-refractivity contribution >= 4 is 22.6 Å². The van der Waals surface area contributed by atoms with Gasteiger partial charge in [-0.15, -0.1) is 0 Å². The van der Waals surface area contributed by atoms with E-state index in [1.807, 2.05) is 11.8 Å². The molecule has 2 aliphatic rings. The van der Waals surface area contributed by atoms with Crippen molar-refractivity contribution in [3.63, 3.8) is 0 Å². The van der Waals surface area contributed by atoms with Gasteiger partial charge in [-0.2, -0.15) is 0 Å². The first-order valence-electron chi connectivity index (χ1n) is 7.80. The van der Waals surface area contributed by atoms with E-state index < -0.39 is 0 Å². The number of aliphatic imine (C=N–C) groups is 1. The molecule has 20 heavy (non-hydrogen) atoms. The Morgan fingerprint density at radius 1 is 1.20 bits per heavy atom. The van der Waals surface area contributed by atoms with Gasteiger partial charge >= 0.3 is 0 Å². The number of thioether (sulfide) groups is 1. The van der Waals surface area contributed by atoms with Crippen LogP contribution in [0.15, 0.2) is 29.3 Å². The second kappa shape index (κ2) is 6.21. The van der Waals surface area contributed by atoms with Gasteiger partial charge in [-0.1, -0.05) is 56.7 Å². The van der Waals surface area contributed by atoms with Gasteiger partial charge in [0.25, 0.3) is 0 Å². The Morgan fingerprint density at radius 2 is 2.00 bits per heavy atom. The van der Waals surface area contributed by atoms with E-state index >= 15 is 0 Å². The third-order valence-corrected chi connectivity index (χ3v) is 5.49. The maximum atomic E-state index is 4.97. The molecule has 0 aromatic heterocycles. The molecule has 0 amide bonds. The number of nitrogens with zero attached hydrogens (tertiary/aromatic N) is 1. The van der Waals surface area contributed by atoms with Crippen molar-refractivity contribution in [1.29, 1.82) is 0 Å². The zero-order valence-corrected chi connectivity index (χ0v) is 13.2. The number of amidine groups is 1. The van der Waals surface area contributed by atoms with Crippen molar-refractivity contribution < 1.29 is 0 Å². The van der Waals surface area contributed by atoms with Crippen LogP contribution in [-0.2, 0) is 0 Å². The molecular formula is C17H24N2S. The normalized spacial score (nSPS) is 26.1. The van der Waals surface area contributed by atoms with E-state index in [4.69, 9.17) is 4.99 Å². The Hall–Kier alpha value is -0.960. The minimum absolute atomic E-state index is 0.537. The molecule has 108 valence electrons. The summed E-state index contributed by atoms with van der Waals surface area (Å²) in [6.45, 7) is 4.49. The standard InChI is InChI=1S/C17H24N2S/c1-12(2)14-8-4-6-10-16(14)19-17-18-15-9-5-3-7-13(15)11-20-17/h4,6,8,10,12-13,15H,3,5,7,9,11H2,1-2H3,(H,18,19). The highest BCUT2D eigenvalue weighted by Crippen LogP contribution is 2.35. The first-order chi connectivity index (χ1) is 9.74. The van der Waals surface area contributed by atoms with Gasteiger partial charge < -0.3 is 5.32 Å². The Balaban J connectivity index is 1.76. The zero-order chi connectivity index (χ0) is 13.9. The van der Waals surface area contributed by atoms with Crippen LogP contribution in [0.2, 0.25) is 0 Å². The molecule has 3 rings (SSSR count). The number of para-hydroxylation sites is 1. The Morgan fingerprint density at radius 3 is 2.85 bits per heavy atom. The molecule has 0 saturated heterocycles. The molecule has 1 heterocycles. The number of rotatable bonds is 2. The van der Waals surface area contributed by atoms with Crippen LogP contribution < -0.4 is 5.32 Å². The number of hydrogen-bond acceptors (Lipinski definition) is 3. The number of hydrogen-bond donors (Lipinski definition) is 1. The topological polar surface area (TPSA) is 24.4 Å². The first kappa shape index (κ1) is 14.0. The van der Waals surface area contributed by atoms with E-state index in [0.29, 0.717) is 12.0 Å². The highest BCUT2D eigenvalue weighted by atomic mass is 32.2. The zero-order valence-electron chi connectivity index (χ0n) is 12.4. The molecule has 2 atom stereocenters. The fourth-order valence-corrected chi connectivity index (χ4v) is 4.38. The van der Waals surface area contributed by atoms with Crippen LogP contribution in [0.3, 0.4) is 0 Å². The molecule has 0 spiro atoms. The highest BCUT2D eigenvalue weighted by molar-refractivity contribution is 8.14. The van der Waals surface area contributed by atoms with E-state index in [9.17, 15) is 0 Å². The van der Waals surface area contributed by atoms with Crippen LogP contribution >= 0.6 is 11.8 Å². The van der Waals surface area contributed by atoms with Crippen molar-refractivity contribution in [3.05, 3.63) is 29.8 Å². The van der Waals surface area contributed by atoms with Gasteiger partial charge in [0, 0.05) is 11.4 Å². The number of anilines is 1. The molecule has 3 heteroatoms. The van der Waals surface area contributed by atoms with E-state index in [2.05, 4.69) is 43.4 Å². The van der Waals surface area contributed by atoms with E-state index in [1.54, 1.807) is 0 Å². The molecule has 1 saturated carbocycles. The Kier molecular flexibility index (Phi) is 4.35. The van der Waals surface area contributed by atoms with Crippen LogP contribution in [0.4, 0.5) is 5.69 Å². The monoisotopic (exact) mass is 288 g/mol. The van der Waals surface area contributed by atoms with Crippen molar-refractivity contribution in [1.82, 2.24) is 0 Å². The quantitative estimate of drug-likeness (QED) is 0.838. The third-order valence-electron chi connectivity index (χ3n) is 4.41. The van der Waals surface area contributed by atoms with Gasteiger partial charge in [0.05, 0.1) is 6.04 Å². The van der Waals surface area contributed by atoms with Gasteiger partial charge in [0.15, 0.2) is 5.17 Å². The maximum absolute atomic E-state index is 4.97. The minimum atomic E-state index is 0.537. The summed E-state index contributed by atoms with van der Waals surface area (Å²) < 4.78 is 0. The number of benzene rings is 1. The molecule has 1 aromatic carbocycles. The summed E-state index contributed by atoms with van der Waals surface area (Å²) in [4.78, 5) is 4.97. The molecule has 1 aromatic rings. The van der Waals surface area contributed by atoms with E-state index in [-0.39, 0.29) is 0 Å². The predicted octanol–water partition coefficient (Wildman–Crippen LogP) is 4.88. The fraction of sp³-hybridized carbons (Fsp3) is 0.588. The largest absolute Gasteiger partial charge is 0.335 e. The average molecular weight is 288 g/mol. The lowest BCUT2D eigenvalue weighted by molar-refractivity contribution is 0.336. The lowest BCUT2D eigenvalue weighted by atomic mass is 9.86. The number of fused-ring (bicyclic) bond motifs is 1. The van der Waals surface area contributed by atoms with Gasteiger partial charge in [0.2, 0.25) is 0 Å². The summed E-state index contributed by atoms with van der Waals surface area (Å²) in [5.74, 6) is 2.59. The molecule has 1 aliphatic carbocycles. The molecule has 2 nitrogen and oxygen atoms in total. The second-order valence-corrected chi connectivity index (χ2v) is 7.23. The summed E-state index contributed by atoms with van der Waals surface area (Å²) in [6, 6.07) is 9.17. The van der Waals surface area contributed by atoms with Crippen molar-refractivity contribution in [3.8, 4) is 0 Å². The lowest BCUT2D eigenvalue weighted by Gasteiger charge is -2.33. The SMILES string of the molecule is CC(C)c1ccccc1NC1=NC2CCCCC2CS1. The van der Waals surface area contributed by atoms with Crippen LogP contribution in [0.5, 0.6) is 0 Å². The Bertz CT molecular complexity index is 496. The molecule has 1 fully saturated rings. The Labute approximate surface area is 126 Å². The number of nitrogens with one attached hydrogen (secondary N) is 1. The van der Waals surface area contributed by atoms with Crippen LogP contribution in [0, 0.1) is 5.92 Å². The second-order valence-electron chi connectivity index (χ2n) is 6.22. The minimum Gasteiger partial charge on any atom is -0.335 e. The molecule has 0 bridgehead atoms. The van der Waals surface area contributed by atoms with E-state index in [1.165, 1.54) is 42.7 Å². The molecular weight excluding hydrogens is 264 g/mol. The third kappa shape index (κ3) is 3.03. The maximum Gasteiger partial charge on any atom is 0.161 e. The smallest absolute Gasteiger partial charge is 0.161 e. The summed E-state index contributed by atoms with van der Waals surface area (Å²) in [5, 5.41) is 4.70. The van der Waals surface area contributed by atoms with Gasteiger partial charge in [-0.05, 0) is 36.3 Å².